The molecule has 0 radical (unpaired) electrons. The van der Waals surface area contributed by atoms with Gasteiger partial charge in [-0.15, -0.1) is 0 Å². The van der Waals surface area contributed by atoms with E-state index in [1.807, 2.05) is 31.2 Å². The number of thioether (sulfide) groups is 1. The number of rotatable bonds is 8. The number of ether oxygens (including phenoxy) is 1. The molecule has 8 heteroatoms. The van der Waals surface area contributed by atoms with Gasteiger partial charge in [-0.25, -0.2) is 4.98 Å². The molecule has 6 nitrogen and oxygen atoms in total. The number of carbonyl (C=O) groups excluding carboxylic acids is 1. The minimum atomic E-state index is -0.191. The third-order valence-corrected chi connectivity index (χ3v) is 5.51. The molecule has 3 rings (SSSR count). The first-order valence-corrected chi connectivity index (χ1v) is 10.5. The number of para-hydroxylation sites is 1. The van der Waals surface area contributed by atoms with Crippen LogP contribution in [0.1, 0.15) is 12.0 Å². The molecule has 0 fully saturated rings. The average molecular weight is 432 g/mol. The fourth-order valence-corrected chi connectivity index (χ4v) is 3.89. The molecule has 1 amide bonds. The molecule has 2 aromatic carbocycles. The van der Waals surface area contributed by atoms with Gasteiger partial charge in [0.15, 0.2) is 5.16 Å². The zero-order valence-corrected chi connectivity index (χ0v) is 17.8. The third-order valence-electron chi connectivity index (χ3n) is 4.34. The van der Waals surface area contributed by atoms with Crippen LogP contribution >= 0.6 is 23.4 Å². The highest BCUT2D eigenvalue weighted by atomic mass is 35.5. The Morgan fingerprint density at radius 1 is 1.28 bits per heavy atom. The largest absolute Gasteiger partial charge is 0.385 e. The van der Waals surface area contributed by atoms with Crippen LogP contribution in [0.25, 0.3) is 16.6 Å². The number of fused-ring (bicyclic) bond motifs is 1. The van der Waals surface area contributed by atoms with Gasteiger partial charge in [-0.2, -0.15) is 0 Å². The van der Waals surface area contributed by atoms with Gasteiger partial charge in [0.25, 0.3) is 5.56 Å². The van der Waals surface area contributed by atoms with Crippen molar-refractivity contribution in [1.29, 1.82) is 0 Å². The summed E-state index contributed by atoms with van der Waals surface area (Å²) in [4.78, 5) is 30.1. The van der Waals surface area contributed by atoms with Gasteiger partial charge in [0, 0.05) is 25.3 Å². The third kappa shape index (κ3) is 5.18. The normalized spacial score (nSPS) is 11.0. The SMILES string of the molecule is COCCCNC(=O)CSc1nc2cc(Cl)ccc2c(=O)n1-c1ccccc1C. The van der Waals surface area contributed by atoms with E-state index in [4.69, 9.17) is 16.3 Å². The first-order chi connectivity index (χ1) is 14.0. The monoisotopic (exact) mass is 431 g/mol. The number of benzene rings is 2. The number of hydrogen-bond acceptors (Lipinski definition) is 5. The van der Waals surface area contributed by atoms with E-state index in [9.17, 15) is 9.59 Å². The Kier molecular flexibility index (Phi) is 7.30. The Morgan fingerprint density at radius 2 is 2.07 bits per heavy atom. The number of carbonyl (C=O) groups is 1. The maximum absolute atomic E-state index is 13.3. The van der Waals surface area contributed by atoms with Gasteiger partial charge in [-0.05, 0) is 43.2 Å². The van der Waals surface area contributed by atoms with E-state index in [-0.39, 0.29) is 17.2 Å². The molecule has 0 bridgehead atoms. The van der Waals surface area contributed by atoms with Crippen molar-refractivity contribution < 1.29 is 9.53 Å². The average Bonchev–Trinajstić information content (AvgIpc) is 2.70. The lowest BCUT2D eigenvalue weighted by Gasteiger charge is -2.15. The molecule has 0 spiro atoms. The molecule has 29 heavy (non-hydrogen) atoms. The summed E-state index contributed by atoms with van der Waals surface area (Å²) in [6.07, 6.45) is 0.744. The molecule has 1 aromatic heterocycles. The van der Waals surface area contributed by atoms with Crippen molar-refractivity contribution >= 4 is 40.2 Å². The topological polar surface area (TPSA) is 73.2 Å². The molecule has 152 valence electrons. The van der Waals surface area contributed by atoms with Gasteiger partial charge in [-0.3, -0.25) is 14.2 Å². The highest BCUT2D eigenvalue weighted by Gasteiger charge is 2.16. The molecular weight excluding hydrogens is 410 g/mol. The van der Waals surface area contributed by atoms with Crippen LogP contribution in [0.15, 0.2) is 52.4 Å². The van der Waals surface area contributed by atoms with Crippen molar-refractivity contribution in [2.24, 2.45) is 0 Å². The number of aromatic nitrogens is 2. The lowest BCUT2D eigenvalue weighted by atomic mass is 10.2. The van der Waals surface area contributed by atoms with Gasteiger partial charge in [0.05, 0.1) is 22.3 Å². The number of nitrogens with zero attached hydrogens (tertiary/aromatic N) is 2. The molecular formula is C21H22ClN3O3S. The Balaban J connectivity index is 1.96. The van der Waals surface area contributed by atoms with Gasteiger partial charge in [0.2, 0.25) is 5.91 Å². The van der Waals surface area contributed by atoms with Crippen LogP contribution in [0, 0.1) is 6.92 Å². The lowest BCUT2D eigenvalue weighted by Crippen LogP contribution is -2.28. The Morgan fingerprint density at radius 3 is 2.83 bits per heavy atom. The minimum absolute atomic E-state index is 0.122. The van der Waals surface area contributed by atoms with Crippen molar-refractivity contribution in [3.8, 4) is 5.69 Å². The van der Waals surface area contributed by atoms with Crippen LogP contribution in [0.2, 0.25) is 5.02 Å². The van der Waals surface area contributed by atoms with Crippen molar-refractivity contribution in [3.05, 3.63) is 63.4 Å². The number of halogens is 1. The molecule has 0 unspecified atom stereocenters. The quantitative estimate of drug-likeness (QED) is 0.335. The van der Waals surface area contributed by atoms with Crippen molar-refractivity contribution in [3.63, 3.8) is 0 Å². The van der Waals surface area contributed by atoms with Gasteiger partial charge < -0.3 is 10.1 Å². The molecule has 1 heterocycles. The summed E-state index contributed by atoms with van der Waals surface area (Å²) in [5, 5.41) is 4.28. The number of methoxy groups -OCH3 is 1. The maximum Gasteiger partial charge on any atom is 0.266 e. The first kappa shape index (κ1) is 21.4. The fourth-order valence-electron chi connectivity index (χ4n) is 2.89. The number of amides is 1. The number of hydrogen-bond donors (Lipinski definition) is 1. The lowest BCUT2D eigenvalue weighted by molar-refractivity contribution is -0.118. The summed E-state index contributed by atoms with van der Waals surface area (Å²) >= 11 is 7.31. The number of nitrogens with one attached hydrogen (secondary N) is 1. The van der Waals surface area contributed by atoms with Crippen LogP contribution in [-0.2, 0) is 9.53 Å². The van der Waals surface area contributed by atoms with Crippen molar-refractivity contribution in [1.82, 2.24) is 14.9 Å². The predicted octanol–water partition coefficient (Wildman–Crippen LogP) is 3.59. The molecule has 0 atom stereocenters. The minimum Gasteiger partial charge on any atom is -0.385 e. The summed E-state index contributed by atoms with van der Waals surface area (Å²) in [6, 6.07) is 12.6. The summed E-state index contributed by atoms with van der Waals surface area (Å²) in [7, 11) is 1.63. The molecule has 0 aliphatic heterocycles. The second-order valence-electron chi connectivity index (χ2n) is 6.47. The first-order valence-electron chi connectivity index (χ1n) is 9.18. The van der Waals surface area contributed by atoms with Crippen LogP contribution in [-0.4, -0.2) is 41.5 Å². The summed E-state index contributed by atoms with van der Waals surface area (Å²) < 4.78 is 6.54. The predicted molar refractivity (Wildman–Crippen MR) is 117 cm³/mol. The highest BCUT2D eigenvalue weighted by molar-refractivity contribution is 7.99. The standard InChI is InChI=1S/C21H22ClN3O3S/c1-14-6-3-4-7-18(14)25-20(27)16-9-8-15(22)12-17(16)24-21(25)29-13-19(26)23-10-5-11-28-2/h3-4,6-9,12H,5,10-11,13H2,1-2H3,(H,23,26). The Labute approximate surface area is 178 Å². The van der Waals surface area contributed by atoms with Crippen molar-refractivity contribution in [2.75, 3.05) is 26.0 Å². The molecule has 0 aliphatic carbocycles. The summed E-state index contributed by atoms with van der Waals surface area (Å²) in [5.41, 5.74) is 2.00. The highest BCUT2D eigenvalue weighted by Crippen LogP contribution is 2.24. The molecule has 0 saturated carbocycles. The van der Waals surface area contributed by atoms with E-state index in [1.165, 1.54) is 11.8 Å². The second-order valence-corrected chi connectivity index (χ2v) is 7.85. The fraction of sp³-hybridized carbons (Fsp3) is 0.286. The number of aryl methyl sites for hydroxylation is 1. The molecule has 3 aromatic rings. The summed E-state index contributed by atoms with van der Waals surface area (Å²) in [5.74, 6) is 0.0278. The smallest absolute Gasteiger partial charge is 0.266 e. The van der Waals surface area contributed by atoms with Gasteiger partial charge in [-0.1, -0.05) is 41.6 Å². The van der Waals surface area contributed by atoms with Gasteiger partial charge >= 0.3 is 0 Å². The van der Waals surface area contributed by atoms with E-state index < -0.39 is 0 Å². The van der Waals surface area contributed by atoms with Gasteiger partial charge in [0.1, 0.15) is 0 Å². The van der Waals surface area contributed by atoms with E-state index in [1.54, 1.807) is 29.9 Å². The Bertz CT molecular complexity index is 1080. The molecule has 1 N–H and O–H groups in total. The van der Waals surface area contributed by atoms with E-state index in [0.717, 1.165) is 17.7 Å². The zero-order chi connectivity index (χ0) is 20.8. The van der Waals surface area contributed by atoms with E-state index in [2.05, 4.69) is 10.3 Å². The van der Waals surface area contributed by atoms with Crippen LogP contribution < -0.4 is 10.9 Å². The van der Waals surface area contributed by atoms with Crippen LogP contribution in [0.5, 0.6) is 0 Å². The maximum atomic E-state index is 13.3. The van der Waals surface area contributed by atoms with E-state index >= 15 is 0 Å². The molecule has 0 aliphatic rings. The van der Waals surface area contributed by atoms with Crippen LogP contribution in [0.4, 0.5) is 0 Å². The van der Waals surface area contributed by atoms with E-state index in [0.29, 0.717) is 34.2 Å². The molecule has 0 saturated heterocycles. The van der Waals surface area contributed by atoms with Crippen LogP contribution in [0.3, 0.4) is 0 Å². The second kappa shape index (κ2) is 9.91. The van der Waals surface area contributed by atoms with Crippen molar-refractivity contribution in [2.45, 2.75) is 18.5 Å². The Hall–Kier alpha value is -2.35. The zero-order valence-electron chi connectivity index (χ0n) is 16.3. The summed E-state index contributed by atoms with van der Waals surface area (Å²) in [6.45, 7) is 3.07.